The largest absolute Gasteiger partial charge is 0.437 e. The highest BCUT2D eigenvalue weighted by Crippen LogP contribution is 2.32. The van der Waals surface area contributed by atoms with Crippen LogP contribution in [0.1, 0.15) is 10.4 Å². The van der Waals surface area contributed by atoms with Gasteiger partial charge in [-0.25, -0.2) is 4.98 Å². The Bertz CT molecular complexity index is 721. The first kappa shape index (κ1) is 18.8. The molecule has 0 atom stereocenters. The summed E-state index contributed by atoms with van der Waals surface area (Å²) in [6, 6.07) is 8.32. The molecule has 0 radical (unpaired) electrons. The molecule has 0 spiro atoms. The van der Waals surface area contributed by atoms with Gasteiger partial charge in [0.05, 0.1) is 5.02 Å². The molecule has 1 saturated heterocycles. The van der Waals surface area contributed by atoms with Crippen LogP contribution >= 0.6 is 35.6 Å². The Morgan fingerprint density at radius 2 is 1.96 bits per heavy atom. The standard InChI is InChI=1S/C16H15Cl2N3O2.ClH/c17-11-3-4-14(13(18)10-11)23-15-12(2-1-5-20-15)16(22)21-8-6-19-7-9-21;/h1-5,10,19H,6-9H2;1H. The van der Waals surface area contributed by atoms with Crippen molar-refractivity contribution in [1.82, 2.24) is 15.2 Å². The highest BCUT2D eigenvalue weighted by atomic mass is 35.5. The number of carbonyl (C=O) groups is 1. The molecule has 0 unspecified atom stereocenters. The second kappa shape index (κ2) is 8.53. The van der Waals surface area contributed by atoms with Crippen molar-refractivity contribution in [2.45, 2.75) is 0 Å². The summed E-state index contributed by atoms with van der Waals surface area (Å²) in [4.78, 5) is 18.6. The van der Waals surface area contributed by atoms with Gasteiger partial charge in [0.25, 0.3) is 5.91 Å². The van der Waals surface area contributed by atoms with Crippen LogP contribution in [0, 0.1) is 0 Å². The first-order valence-electron chi connectivity index (χ1n) is 7.23. The molecule has 1 aliphatic rings. The van der Waals surface area contributed by atoms with Crippen LogP contribution in [0.25, 0.3) is 0 Å². The molecule has 1 aliphatic heterocycles. The summed E-state index contributed by atoms with van der Waals surface area (Å²) in [6.07, 6.45) is 1.58. The quantitative estimate of drug-likeness (QED) is 0.872. The van der Waals surface area contributed by atoms with Gasteiger partial charge in [0.15, 0.2) is 0 Å². The lowest BCUT2D eigenvalue weighted by molar-refractivity contribution is 0.0732. The number of amides is 1. The molecule has 8 heteroatoms. The van der Waals surface area contributed by atoms with E-state index in [4.69, 9.17) is 27.9 Å². The predicted molar refractivity (Wildman–Crippen MR) is 96.8 cm³/mol. The van der Waals surface area contributed by atoms with Gasteiger partial charge >= 0.3 is 0 Å². The Morgan fingerprint density at radius 1 is 1.21 bits per heavy atom. The van der Waals surface area contributed by atoms with Crippen LogP contribution in [0.4, 0.5) is 0 Å². The average molecular weight is 389 g/mol. The predicted octanol–water partition coefficient (Wildman–Crippen LogP) is 3.65. The van der Waals surface area contributed by atoms with E-state index < -0.39 is 0 Å². The lowest BCUT2D eigenvalue weighted by atomic mass is 10.2. The zero-order valence-electron chi connectivity index (χ0n) is 12.7. The van der Waals surface area contributed by atoms with E-state index in [1.54, 1.807) is 41.4 Å². The summed E-state index contributed by atoms with van der Waals surface area (Å²) in [6.45, 7) is 2.89. The molecular weight excluding hydrogens is 373 g/mol. The number of nitrogens with one attached hydrogen (secondary N) is 1. The third-order valence-corrected chi connectivity index (χ3v) is 4.04. The van der Waals surface area contributed by atoms with E-state index in [0.717, 1.165) is 13.1 Å². The molecule has 1 aromatic carbocycles. The van der Waals surface area contributed by atoms with Crippen molar-refractivity contribution in [3.05, 3.63) is 52.1 Å². The molecule has 128 valence electrons. The second-order valence-electron chi connectivity index (χ2n) is 5.08. The van der Waals surface area contributed by atoms with Gasteiger partial charge in [-0.05, 0) is 30.3 Å². The topological polar surface area (TPSA) is 54.5 Å². The maximum atomic E-state index is 12.7. The van der Waals surface area contributed by atoms with Crippen molar-refractivity contribution < 1.29 is 9.53 Å². The fourth-order valence-corrected chi connectivity index (χ4v) is 2.78. The van der Waals surface area contributed by atoms with Crippen molar-refractivity contribution in [2.24, 2.45) is 0 Å². The summed E-state index contributed by atoms with van der Waals surface area (Å²) in [5.74, 6) is 0.545. The third-order valence-electron chi connectivity index (χ3n) is 3.51. The van der Waals surface area contributed by atoms with Crippen molar-refractivity contribution in [2.75, 3.05) is 26.2 Å². The molecule has 5 nitrogen and oxygen atoms in total. The number of rotatable bonds is 3. The Morgan fingerprint density at radius 3 is 2.67 bits per heavy atom. The van der Waals surface area contributed by atoms with Gasteiger partial charge in [-0.3, -0.25) is 4.79 Å². The molecule has 2 heterocycles. The fraction of sp³-hybridized carbons (Fsp3) is 0.250. The van der Waals surface area contributed by atoms with Gasteiger partial charge in [-0.15, -0.1) is 12.4 Å². The number of benzene rings is 1. The van der Waals surface area contributed by atoms with Gasteiger partial charge in [0.2, 0.25) is 5.88 Å². The average Bonchev–Trinajstić information content (AvgIpc) is 2.58. The highest BCUT2D eigenvalue weighted by Gasteiger charge is 2.22. The molecule has 0 bridgehead atoms. The zero-order valence-corrected chi connectivity index (χ0v) is 15.0. The lowest BCUT2D eigenvalue weighted by Crippen LogP contribution is -2.46. The Kier molecular flexibility index (Phi) is 6.69. The number of hydrogen-bond acceptors (Lipinski definition) is 4. The summed E-state index contributed by atoms with van der Waals surface area (Å²) in [5.41, 5.74) is 0.417. The minimum absolute atomic E-state index is 0. The second-order valence-corrected chi connectivity index (χ2v) is 5.92. The van der Waals surface area contributed by atoms with E-state index in [1.807, 2.05) is 0 Å². The van der Waals surface area contributed by atoms with Crippen LogP contribution in [0.3, 0.4) is 0 Å². The van der Waals surface area contributed by atoms with Crippen LogP contribution in [0.5, 0.6) is 11.6 Å². The monoisotopic (exact) mass is 387 g/mol. The molecule has 0 saturated carbocycles. The Hall–Kier alpha value is -1.53. The third kappa shape index (κ3) is 4.30. The number of halogens is 3. The van der Waals surface area contributed by atoms with E-state index in [9.17, 15) is 4.79 Å². The molecule has 1 amide bonds. The number of nitrogens with zero attached hydrogens (tertiary/aromatic N) is 2. The van der Waals surface area contributed by atoms with Crippen molar-refractivity contribution in [3.8, 4) is 11.6 Å². The van der Waals surface area contributed by atoms with Crippen LogP contribution in [-0.4, -0.2) is 42.0 Å². The highest BCUT2D eigenvalue weighted by molar-refractivity contribution is 6.35. The van der Waals surface area contributed by atoms with Crippen LogP contribution < -0.4 is 10.1 Å². The first-order chi connectivity index (χ1) is 11.1. The van der Waals surface area contributed by atoms with E-state index >= 15 is 0 Å². The number of pyridine rings is 1. The van der Waals surface area contributed by atoms with Gasteiger partial charge in [-0.1, -0.05) is 23.2 Å². The molecule has 3 rings (SSSR count). The SMILES string of the molecule is Cl.O=C(c1cccnc1Oc1ccc(Cl)cc1Cl)N1CCNCC1. The molecule has 1 N–H and O–H groups in total. The van der Waals surface area contributed by atoms with Gasteiger partial charge in [0, 0.05) is 37.4 Å². The number of piperazine rings is 1. The summed E-state index contributed by atoms with van der Waals surface area (Å²) in [7, 11) is 0. The molecule has 0 aliphatic carbocycles. The van der Waals surface area contributed by atoms with Gasteiger partial charge in [0.1, 0.15) is 11.3 Å². The van der Waals surface area contributed by atoms with E-state index in [0.29, 0.717) is 34.4 Å². The number of hydrogen-bond donors (Lipinski definition) is 1. The number of aromatic nitrogens is 1. The fourth-order valence-electron chi connectivity index (χ4n) is 2.34. The van der Waals surface area contributed by atoms with Crippen LogP contribution in [-0.2, 0) is 0 Å². The summed E-state index contributed by atoms with van der Waals surface area (Å²) < 4.78 is 5.74. The van der Waals surface area contributed by atoms with Gasteiger partial charge < -0.3 is 15.0 Å². The molecule has 24 heavy (non-hydrogen) atoms. The zero-order chi connectivity index (χ0) is 16.2. The van der Waals surface area contributed by atoms with Crippen molar-refractivity contribution >= 4 is 41.5 Å². The lowest BCUT2D eigenvalue weighted by Gasteiger charge is -2.27. The minimum Gasteiger partial charge on any atom is -0.437 e. The Balaban J connectivity index is 0.00000208. The van der Waals surface area contributed by atoms with Crippen LogP contribution in [0.2, 0.25) is 10.0 Å². The van der Waals surface area contributed by atoms with Crippen LogP contribution in [0.15, 0.2) is 36.5 Å². The van der Waals surface area contributed by atoms with Gasteiger partial charge in [-0.2, -0.15) is 0 Å². The van der Waals surface area contributed by atoms with E-state index in [1.165, 1.54) is 0 Å². The van der Waals surface area contributed by atoms with Crippen molar-refractivity contribution in [3.63, 3.8) is 0 Å². The number of ether oxygens (including phenoxy) is 1. The molecule has 2 aromatic rings. The summed E-state index contributed by atoms with van der Waals surface area (Å²) in [5, 5.41) is 4.10. The van der Waals surface area contributed by atoms with E-state index in [2.05, 4.69) is 10.3 Å². The van der Waals surface area contributed by atoms with E-state index in [-0.39, 0.29) is 24.2 Å². The molecular formula is C16H16Cl3N3O2. The summed E-state index contributed by atoms with van der Waals surface area (Å²) >= 11 is 12.0. The molecule has 1 fully saturated rings. The minimum atomic E-state index is -0.0975. The molecule has 1 aromatic heterocycles. The van der Waals surface area contributed by atoms with Crippen molar-refractivity contribution in [1.29, 1.82) is 0 Å². The first-order valence-corrected chi connectivity index (χ1v) is 7.98. The maximum absolute atomic E-state index is 12.7. The maximum Gasteiger partial charge on any atom is 0.259 e. The smallest absolute Gasteiger partial charge is 0.259 e. The Labute approximate surface area is 156 Å². The number of carbonyl (C=O) groups excluding carboxylic acids is 1. The normalized spacial score (nSPS) is 14.0.